The predicted molar refractivity (Wildman–Crippen MR) is 107 cm³/mol. The summed E-state index contributed by atoms with van der Waals surface area (Å²) in [6, 6.07) is 14.3. The number of furan rings is 1. The largest absolute Gasteiger partial charge is 0.467 e. The summed E-state index contributed by atoms with van der Waals surface area (Å²) in [7, 11) is 0. The van der Waals surface area contributed by atoms with Crippen LogP contribution in [0.25, 0.3) is 0 Å². The van der Waals surface area contributed by atoms with Crippen molar-refractivity contribution in [1.82, 2.24) is 16.0 Å². The third-order valence-electron chi connectivity index (χ3n) is 5.06. The minimum atomic E-state index is -0.134. The monoisotopic (exact) mass is 368 g/mol. The molecule has 0 radical (unpaired) electrons. The van der Waals surface area contributed by atoms with Crippen molar-refractivity contribution in [3.63, 3.8) is 0 Å². The van der Waals surface area contributed by atoms with Gasteiger partial charge in [-0.1, -0.05) is 36.8 Å². The Balaban J connectivity index is 1.53. The van der Waals surface area contributed by atoms with E-state index in [1.54, 1.807) is 12.3 Å². The lowest BCUT2D eigenvalue weighted by Gasteiger charge is -2.43. The highest BCUT2D eigenvalue weighted by atomic mass is 16.3. The minimum Gasteiger partial charge on any atom is -0.467 e. The van der Waals surface area contributed by atoms with Gasteiger partial charge in [-0.15, -0.1) is 0 Å². The first-order valence-corrected chi connectivity index (χ1v) is 9.59. The zero-order valence-corrected chi connectivity index (χ0v) is 15.8. The van der Waals surface area contributed by atoms with Crippen molar-refractivity contribution in [3.8, 4) is 0 Å². The summed E-state index contributed by atoms with van der Waals surface area (Å²) in [4.78, 5) is 16.4. The Hall–Kier alpha value is -2.76. The fourth-order valence-corrected chi connectivity index (χ4v) is 3.36. The number of nitrogens with zero attached hydrogens (tertiary/aromatic N) is 1. The Morgan fingerprint density at radius 1 is 1.11 bits per heavy atom. The molecule has 27 heavy (non-hydrogen) atoms. The smallest absolute Gasteiger partial charge is 0.242 e. The van der Waals surface area contributed by atoms with Crippen LogP contribution in [0.1, 0.15) is 37.5 Å². The van der Waals surface area contributed by atoms with Gasteiger partial charge in [0.05, 0.1) is 12.8 Å². The summed E-state index contributed by atoms with van der Waals surface area (Å²) in [6.45, 7) is 4.04. The third-order valence-corrected chi connectivity index (χ3v) is 5.06. The van der Waals surface area contributed by atoms with Crippen LogP contribution < -0.4 is 16.0 Å². The maximum atomic E-state index is 12.0. The molecule has 3 rings (SSSR count). The van der Waals surface area contributed by atoms with E-state index >= 15 is 0 Å². The summed E-state index contributed by atoms with van der Waals surface area (Å²) in [6.07, 6.45) is 5.19. The number of hydrogen-bond donors (Lipinski definition) is 3. The topological polar surface area (TPSA) is 78.7 Å². The zero-order valence-electron chi connectivity index (χ0n) is 15.8. The molecule has 6 nitrogen and oxygen atoms in total. The van der Waals surface area contributed by atoms with Crippen molar-refractivity contribution in [2.45, 2.75) is 38.1 Å². The number of aliphatic imine (C=N–C) groups is 1. The molecule has 1 fully saturated rings. The normalized spacial score (nSPS) is 15.7. The number of rotatable bonds is 8. The lowest BCUT2D eigenvalue weighted by molar-refractivity contribution is -0.119. The fraction of sp³-hybridized carbons (Fsp3) is 0.429. The minimum absolute atomic E-state index is 0.0778. The molecule has 0 bridgehead atoms. The highest BCUT2D eigenvalue weighted by Crippen LogP contribution is 2.43. The lowest BCUT2D eigenvalue weighted by atomic mass is 9.64. The summed E-state index contributed by atoms with van der Waals surface area (Å²) in [5, 5.41) is 9.46. The van der Waals surface area contributed by atoms with Crippen molar-refractivity contribution in [1.29, 1.82) is 0 Å². The molecule has 0 unspecified atom stereocenters. The van der Waals surface area contributed by atoms with E-state index in [9.17, 15) is 4.79 Å². The quantitative estimate of drug-likeness (QED) is 0.494. The van der Waals surface area contributed by atoms with Crippen molar-refractivity contribution in [2.75, 3.05) is 19.6 Å². The number of carbonyl (C=O) groups is 1. The Morgan fingerprint density at radius 2 is 1.93 bits per heavy atom. The summed E-state index contributed by atoms with van der Waals surface area (Å²) < 4.78 is 5.21. The maximum absolute atomic E-state index is 12.0. The van der Waals surface area contributed by atoms with Gasteiger partial charge >= 0.3 is 0 Å². The first kappa shape index (κ1) is 19.0. The third kappa shape index (κ3) is 5.12. The number of amides is 1. The second-order valence-electron chi connectivity index (χ2n) is 6.90. The van der Waals surface area contributed by atoms with Crippen molar-refractivity contribution < 1.29 is 9.21 Å². The maximum Gasteiger partial charge on any atom is 0.242 e. The first-order chi connectivity index (χ1) is 13.2. The van der Waals surface area contributed by atoms with Crippen LogP contribution in [-0.2, 0) is 16.8 Å². The van der Waals surface area contributed by atoms with Gasteiger partial charge in [-0.25, -0.2) is 4.99 Å². The molecule has 1 aromatic heterocycles. The fourth-order valence-electron chi connectivity index (χ4n) is 3.36. The van der Waals surface area contributed by atoms with Gasteiger partial charge in [-0.05, 0) is 37.5 Å². The van der Waals surface area contributed by atoms with E-state index < -0.39 is 0 Å². The van der Waals surface area contributed by atoms with Gasteiger partial charge in [0.2, 0.25) is 5.91 Å². The summed E-state index contributed by atoms with van der Waals surface area (Å²) in [5.41, 5.74) is 1.54. The average molecular weight is 368 g/mol. The summed E-state index contributed by atoms with van der Waals surface area (Å²) in [5.74, 6) is 1.27. The first-order valence-electron chi connectivity index (χ1n) is 9.59. The Morgan fingerprint density at radius 3 is 2.56 bits per heavy atom. The van der Waals surface area contributed by atoms with Gasteiger partial charge < -0.3 is 20.4 Å². The van der Waals surface area contributed by atoms with E-state index in [4.69, 9.17) is 4.42 Å². The predicted octanol–water partition coefficient (Wildman–Crippen LogP) is 2.57. The highest BCUT2D eigenvalue weighted by molar-refractivity contribution is 5.84. The highest BCUT2D eigenvalue weighted by Gasteiger charge is 2.38. The van der Waals surface area contributed by atoms with Crippen LogP contribution in [0.2, 0.25) is 0 Å². The average Bonchev–Trinajstić information content (AvgIpc) is 3.18. The number of benzene rings is 1. The number of nitrogens with one attached hydrogen (secondary N) is 3. The van der Waals surface area contributed by atoms with Crippen LogP contribution in [0.4, 0.5) is 0 Å². The summed E-state index contributed by atoms with van der Waals surface area (Å²) >= 11 is 0. The molecule has 0 saturated heterocycles. The van der Waals surface area contributed by atoms with E-state index in [-0.39, 0.29) is 17.9 Å². The zero-order chi connectivity index (χ0) is 19.0. The van der Waals surface area contributed by atoms with Gasteiger partial charge in [0.25, 0.3) is 0 Å². The van der Waals surface area contributed by atoms with Crippen molar-refractivity contribution in [3.05, 3.63) is 60.1 Å². The van der Waals surface area contributed by atoms with Crippen LogP contribution in [0, 0.1) is 0 Å². The van der Waals surface area contributed by atoms with Gasteiger partial charge in [0, 0.05) is 18.5 Å². The Bertz CT molecular complexity index is 737. The molecule has 6 heteroatoms. The molecule has 0 aliphatic heterocycles. The standard InChI is InChI=1S/C21H28N4O2/c1-2-22-20(24-15-19(26)23-14-18-10-6-13-27-18)25-16-21(11-7-12-21)17-8-4-3-5-9-17/h3-6,8-10,13H,2,7,11-12,14-16H2,1H3,(H,23,26)(H2,22,24,25). The molecular formula is C21H28N4O2. The van der Waals surface area contributed by atoms with Gasteiger partial charge in [0.1, 0.15) is 12.3 Å². The van der Waals surface area contributed by atoms with E-state index in [1.165, 1.54) is 24.8 Å². The Labute approximate surface area is 160 Å². The molecule has 1 amide bonds. The van der Waals surface area contributed by atoms with E-state index in [1.807, 2.05) is 13.0 Å². The molecule has 1 aliphatic rings. The van der Waals surface area contributed by atoms with Gasteiger partial charge in [0.15, 0.2) is 5.96 Å². The molecule has 144 valence electrons. The van der Waals surface area contributed by atoms with Gasteiger partial charge in [-0.3, -0.25) is 4.79 Å². The number of carbonyl (C=O) groups excluding carboxylic acids is 1. The lowest BCUT2D eigenvalue weighted by Crippen LogP contribution is -2.49. The molecule has 3 N–H and O–H groups in total. The molecule has 0 atom stereocenters. The van der Waals surface area contributed by atoms with Crippen LogP contribution in [0.5, 0.6) is 0 Å². The molecule has 0 spiro atoms. The van der Waals surface area contributed by atoms with Crippen LogP contribution in [0.15, 0.2) is 58.1 Å². The van der Waals surface area contributed by atoms with Crippen LogP contribution in [-0.4, -0.2) is 31.5 Å². The second kappa shape index (κ2) is 9.26. The van der Waals surface area contributed by atoms with Gasteiger partial charge in [-0.2, -0.15) is 0 Å². The van der Waals surface area contributed by atoms with E-state index in [0.717, 1.165) is 18.8 Å². The molecule has 1 heterocycles. The van der Waals surface area contributed by atoms with E-state index in [2.05, 4.69) is 51.3 Å². The molecule has 2 aromatic rings. The second-order valence-corrected chi connectivity index (χ2v) is 6.90. The number of hydrogen-bond acceptors (Lipinski definition) is 3. The molecule has 1 aromatic carbocycles. The SMILES string of the molecule is CCNC(=NCC(=O)NCc1ccco1)NCC1(c2ccccc2)CCC1. The van der Waals surface area contributed by atoms with Crippen LogP contribution in [0.3, 0.4) is 0 Å². The molecule has 1 aliphatic carbocycles. The number of guanidine groups is 1. The van der Waals surface area contributed by atoms with E-state index in [0.29, 0.717) is 12.5 Å². The molecular weight excluding hydrogens is 340 g/mol. The van der Waals surface area contributed by atoms with Crippen molar-refractivity contribution >= 4 is 11.9 Å². The van der Waals surface area contributed by atoms with Crippen molar-refractivity contribution in [2.24, 2.45) is 4.99 Å². The Kier molecular flexibility index (Phi) is 6.52. The van der Waals surface area contributed by atoms with Crippen LogP contribution >= 0.6 is 0 Å². The molecule has 1 saturated carbocycles.